The molecule has 0 rings (SSSR count). The molecule has 0 spiro atoms. The molecule has 0 saturated heterocycles. The number of ether oxygens (including phenoxy) is 1. The molecular weight excluding hydrogens is 433 g/mol. The Bertz CT molecular complexity index is 593. The number of nitrogens with two attached hydrogens (primary N) is 1. The van der Waals surface area contributed by atoms with E-state index in [1.54, 1.807) is 0 Å². The molecule has 32 heavy (non-hydrogen) atoms. The van der Waals surface area contributed by atoms with E-state index in [4.69, 9.17) is 10.5 Å². The first-order chi connectivity index (χ1) is 15.4. The van der Waals surface area contributed by atoms with E-state index in [1.807, 2.05) is 0 Å². The Labute approximate surface area is 193 Å². The van der Waals surface area contributed by atoms with E-state index >= 15 is 0 Å². The van der Waals surface area contributed by atoms with Crippen LogP contribution in [-0.2, 0) is 23.1 Å². The lowest BCUT2D eigenvalue weighted by molar-refractivity contribution is -0.147. The quantitative estimate of drug-likeness (QED) is 0.0953. The van der Waals surface area contributed by atoms with Gasteiger partial charge in [-0.05, 0) is 38.5 Å². The normalized spacial score (nSPS) is 15.0. The summed E-state index contributed by atoms with van der Waals surface area (Å²) in [4.78, 5) is 21.0. The van der Waals surface area contributed by atoms with Crippen molar-refractivity contribution in [3.05, 3.63) is 36.5 Å². The van der Waals surface area contributed by atoms with Gasteiger partial charge in [-0.25, -0.2) is 4.57 Å². The average Bonchev–Trinajstić information content (AvgIpc) is 2.77. The van der Waals surface area contributed by atoms with E-state index in [-0.39, 0.29) is 26.2 Å². The van der Waals surface area contributed by atoms with Gasteiger partial charge >= 0.3 is 13.8 Å². The second kappa shape index (κ2) is 21.6. The number of unbranched alkanes of at least 4 members (excludes halogenated alkanes) is 5. The molecule has 0 amide bonds. The third-order valence-corrected chi connectivity index (χ3v) is 5.26. The summed E-state index contributed by atoms with van der Waals surface area (Å²) >= 11 is 0. The summed E-state index contributed by atoms with van der Waals surface area (Å²) < 4.78 is 25.5. The SMILES string of the molecule is CCC=CCC=CCC=CCCCCCCCC(=O)OCC(O)COP(=O)(O)OCCN. The largest absolute Gasteiger partial charge is 0.472 e. The molecule has 0 fully saturated rings. The summed E-state index contributed by atoms with van der Waals surface area (Å²) in [5, 5.41) is 9.66. The van der Waals surface area contributed by atoms with Crippen molar-refractivity contribution in [3.63, 3.8) is 0 Å². The average molecular weight is 476 g/mol. The Hall–Kier alpha value is -1.28. The Morgan fingerprint density at radius 2 is 1.56 bits per heavy atom. The summed E-state index contributed by atoms with van der Waals surface area (Å²) in [5.74, 6) is -0.406. The van der Waals surface area contributed by atoms with Crippen molar-refractivity contribution in [2.75, 3.05) is 26.4 Å². The van der Waals surface area contributed by atoms with Gasteiger partial charge < -0.3 is 20.5 Å². The highest BCUT2D eigenvalue weighted by molar-refractivity contribution is 7.47. The Morgan fingerprint density at radius 3 is 2.25 bits per heavy atom. The van der Waals surface area contributed by atoms with Gasteiger partial charge in [0.1, 0.15) is 12.7 Å². The van der Waals surface area contributed by atoms with Crippen LogP contribution >= 0.6 is 7.82 Å². The first kappa shape index (κ1) is 30.7. The van der Waals surface area contributed by atoms with Crippen molar-refractivity contribution in [3.8, 4) is 0 Å². The van der Waals surface area contributed by atoms with Crippen LogP contribution in [0.3, 0.4) is 0 Å². The topological polar surface area (TPSA) is 128 Å². The van der Waals surface area contributed by atoms with Gasteiger partial charge in [0, 0.05) is 13.0 Å². The number of esters is 1. The first-order valence-electron chi connectivity index (χ1n) is 11.5. The zero-order valence-electron chi connectivity index (χ0n) is 19.4. The van der Waals surface area contributed by atoms with Crippen molar-refractivity contribution < 1.29 is 33.1 Å². The van der Waals surface area contributed by atoms with Crippen LogP contribution in [0.25, 0.3) is 0 Å². The molecule has 0 aliphatic rings. The number of hydrogen-bond donors (Lipinski definition) is 3. The van der Waals surface area contributed by atoms with Crippen molar-refractivity contribution in [2.45, 2.75) is 77.2 Å². The van der Waals surface area contributed by atoms with Gasteiger partial charge in [0.05, 0.1) is 13.2 Å². The van der Waals surface area contributed by atoms with Gasteiger partial charge in [-0.2, -0.15) is 0 Å². The van der Waals surface area contributed by atoms with Gasteiger partial charge in [0.15, 0.2) is 0 Å². The molecular formula is C23H42NO7P. The Kier molecular flexibility index (Phi) is 20.7. The van der Waals surface area contributed by atoms with Crippen molar-refractivity contribution in [1.82, 2.24) is 0 Å². The van der Waals surface area contributed by atoms with E-state index in [1.165, 1.54) is 0 Å². The van der Waals surface area contributed by atoms with Crippen LogP contribution in [0, 0.1) is 0 Å². The van der Waals surface area contributed by atoms with Crippen LogP contribution in [0.1, 0.15) is 71.1 Å². The molecule has 186 valence electrons. The number of rotatable bonds is 21. The smallest absolute Gasteiger partial charge is 0.463 e. The second-order valence-electron chi connectivity index (χ2n) is 7.32. The van der Waals surface area contributed by atoms with Gasteiger partial charge in [0.2, 0.25) is 0 Å². The lowest BCUT2D eigenvalue weighted by Crippen LogP contribution is -2.23. The number of carbonyl (C=O) groups is 1. The monoisotopic (exact) mass is 475 g/mol. The molecule has 9 heteroatoms. The van der Waals surface area contributed by atoms with Crippen LogP contribution in [-0.4, -0.2) is 48.4 Å². The summed E-state index contributed by atoms with van der Waals surface area (Å²) in [6, 6.07) is 0. The summed E-state index contributed by atoms with van der Waals surface area (Å²) in [6.07, 6.45) is 21.4. The zero-order valence-corrected chi connectivity index (χ0v) is 20.3. The molecule has 2 unspecified atom stereocenters. The van der Waals surface area contributed by atoms with E-state index < -0.39 is 26.5 Å². The highest BCUT2D eigenvalue weighted by atomic mass is 31.2. The number of aliphatic hydroxyl groups is 1. The standard InChI is InChI=1S/C23H42NO7P/c1-2-3-4-5-6-7-8-9-10-11-12-13-14-15-16-17-23(26)29-20-22(25)21-31-32(27,28)30-19-18-24/h3-4,6-7,9-10,22,25H,2,5,8,11-21,24H2,1H3,(H,27,28). The number of phosphoric ester groups is 1. The Morgan fingerprint density at radius 1 is 0.938 bits per heavy atom. The molecule has 0 aliphatic carbocycles. The van der Waals surface area contributed by atoms with Crippen LogP contribution in [0.2, 0.25) is 0 Å². The van der Waals surface area contributed by atoms with Crippen LogP contribution in [0.15, 0.2) is 36.5 Å². The maximum atomic E-state index is 11.7. The third kappa shape index (κ3) is 21.9. The molecule has 8 nitrogen and oxygen atoms in total. The van der Waals surface area contributed by atoms with E-state index in [0.29, 0.717) is 0 Å². The van der Waals surface area contributed by atoms with Crippen molar-refractivity contribution >= 4 is 13.8 Å². The molecule has 0 aromatic carbocycles. The minimum Gasteiger partial charge on any atom is -0.463 e. The predicted molar refractivity (Wildman–Crippen MR) is 127 cm³/mol. The fourth-order valence-corrected chi connectivity index (χ4v) is 3.35. The number of carbonyl (C=O) groups excluding carboxylic acids is 1. The minimum atomic E-state index is -4.25. The molecule has 0 radical (unpaired) electrons. The highest BCUT2D eigenvalue weighted by Crippen LogP contribution is 2.42. The lowest BCUT2D eigenvalue weighted by atomic mass is 10.1. The number of hydrogen-bond acceptors (Lipinski definition) is 7. The summed E-state index contributed by atoms with van der Waals surface area (Å²) in [7, 11) is -4.25. The van der Waals surface area contributed by atoms with Gasteiger partial charge in [0.25, 0.3) is 0 Å². The minimum absolute atomic E-state index is 0.0700. The Balaban J connectivity index is 3.57. The fraction of sp³-hybridized carbons (Fsp3) is 0.696. The molecule has 2 atom stereocenters. The van der Waals surface area contributed by atoms with Crippen molar-refractivity contribution in [2.24, 2.45) is 5.73 Å². The predicted octanol–water partition coefficient (Wildman–Crippen LogP) is 4.57. The number of aliphatic hydroxyl groups excluding tert-OH is 1. The summed E-state index contributed by atoms with van der Waals surface area (Å²) in [6.45, 7) is 1.29. The molecule has 0 saturated carbocycles. The van der Waals surface area contributed by atoms with Gasteiger partial charge in [-0.3, -0.25) is 13.8 Å². The van der Waals surface area contributed by atoms with E-state index in [0.717, 1.165) is 57.8 Å². The summed E-state index contributed by atoms with van der Waals surface area (Å²) in [5.41, 5.74) is 5.16. The molecule has 4 N–H and O–H groups in total. The van der Waals surface area contributed by atoms with E-state index in [9.17, 15) is 19.4 Å². The lowest BCUT2D eigenvalue weighted by Gasteiger charge is -2.15. The third-order valence-electron chi connectivity index (χ3n) is 4.27. The first-order valence-corrected chi connectivity index (χ1v) is 13.0. The number of allylic oxidation sites excluding steroid dienone is 6. The second-order valence-corrected chi connectivity index (χ2v) is 8.78. The highest BCUT2D eigenvalue weighted by Gasteiger charge is 2.22. The van der Waals surface area contributed by atoms with Crippen LogP contribution < -0.4 is 5.73 Å². The van der Waals surface area contributed by atoms with Gasteiger partial charge in [-0.15, -0.1) is 0 Å². The van der Waals surface area contributed by atoms with E-state index in [2.05, 4.69) is 52.4 Å². The molecule has 0 aliphatic heterocycles. The maximum Gasteiger partial charge on any atom is 0.472 e. The molecule has 0 heterocycles. The van der Waals surface area contributed by atoms with Gasteiger partial charge in [-0.1, -0.05) is 62.6 Å². The molecule has 0 aromatic heterocycles. The zero-order chi connectivity index (χ0) is 23.9. The van der Waals surface area contributed by atoms with Crippen molar-refractivity contribution in [1.29, 1.82) is 0 Å². The van der Waals surface area contributed by atoms with Crippen LogP contribution in [0.5, 0.6) is 0 Å². The van der Waals surface area contributed by atoms with Crippen LogP contribution in [0.4, 0.5) is 0 Å². The molecule has 0 aromatic rings. The fourth-order valence-electron chi connectivity index (χ4n) is 2.58. The molecule has 0 bridgehead atoms. The maximum absolute atomic E-state index is 11.7. The number of phosphoric acid groups is 1.